The third kappa shape index (κ3) is 3.40. The molecule has 1 aromatic rings. The Morgan fingerprint density at radius 1 is 1.36 bits per heavy atom. The summed E-state index contributed by atoms with van der Waals surface area (Å²) in [6, 6.07) is 4.96. The maximum Gasteiger partial charge on any atom is 0.329 e. The number of ketones is 1. The predicted molar refractivity (Wildman–Crippen MR) is 84.6 cm³/mol. The smallest absolute Gasteiger partial charge is 0.329 e. The van der Waals surface area contributed by atoms with E-state index >= 15 is 0 Å². The van der Waals surface area contributed by atoms with Gasteiger partial charge in [-0.25, -0.2) is 4.79 Å². The zero-order valence-corrected chi connectivity index (χ0v) is 13.6. The summed E-state index contributed by atoms with van der Waals surface area (Å²) in [6.07, 6.45) is 0.487. The van der Waals surface area contributed by atoms with Gasteiger partial charge in [-0.3, -0.25) is 4.79 Å². The fourth-order valence-electron chi connectivity index (χ4n) is 2.61. The van der Waals surface area contributed by atoms with Crippen molar-refractivity contribution in [2.24, 2.45) is 0 Å². The van der Waals surface area contributed by atoms with Crippen molar-refractivity contribution >= 4 is 17.4 Å². The van der Waals surface area contributed by atoms with Crippen molar-refractivity contribution in [3.63, 3.8) is 0 Å². The molecule has 1 aliphatic rings. The van der Waals surface area contributed by atoms with Gasteiger partial charge in [0.25, 0.3) is 0 Å². The first kappa shape index (κ1) is 16.3. The summed E-state index contributed by atoms with van der Waals surface area (Å²) in [7, 11) is 0. The number of anilines is 1. The summed E-state index contributed by atoms with van der Waals surface area (Å²) in [4.78, 5) is 25.9. The Morgan fingerprint density at radius 2 is 2.09 bits per heavy atom. The van der Waals surface area contributed by atoms with Gasteiger partial charge in [0.2, 0.25) is 0 Å². The highest BCUT2D eigenvalue weighted by Gasteiger charge is 2.31. The fourth-order valence-corrected chi connectivity index (χ4v) is 2.61. The highest BCUT2D eigenvalue weighted by Crippen LogP contribution is 2.34. The predicted octanol–water partition coefficient (Wildman–Crippen LogP) is 2.82. The average Bonchev–Trinajstić information content (AvgIpc) is 2.46. The van der Waals surface area contributed by atoms with Gasteiger partial charge in [-0.05, 0) is 45.4 Å². The van der Waals surface area contributed by atoms with Crippen molar-refractivity contribution in [1.29, 1.82) is 0 Å². The van der Waals surface area contributed by atoms with E-state index < -0.39 is 0 Å². The summed E-state index contributed by atoms with van der Waals surface area (Å²) in [5, 5.41) is 0. The largest absolute Gasteiger partial charge is 0.490 e. The number of benzene rings is 1. The minimum Gasteiger partial charge on any atom is -0.490 e. The third-order valence-corrected chi connectivity index (χ3v) is 3.65. The lowest BCUT2D eigenvalue weighted by Crippen LogP contribution is -2.46. The van der Waals surface area contributed by atoms with E-state index in [1.807, 2.05) is 25.7 Å². The highest BCUT2D eigenvalue weighted by atomic mass is 16.5. The number of esters is 1. The molecule has 0 fully saturated rings. The zero-order valence-electron chi connectivity index (χ0n) is 13.6. The molecule has 1 aromatic carbocycles. The second kappa shape index (κ2) is 6.81. The summed E-state index contributed by atoms with van der Waals surface area (Å²) in [5.41, 5.74) is 1.40. The molecule has 1 aliphatic heterocycles. The van der Waals surface area contributed by atoms with Gasteiger partial charge >= 0.3 is 5.97 Å². The lowest BCUT2D eigenvalue weighted by atomic mass is 10.1. The molecule has 22 heavy (non-hydrogen) atoms. The van der Waals surface area contributed by atoms with Gasteiger partial charge in [0.1, 0.15) is 18.4 Å². The second-order valence-electron chi connectivity index (χ2n) is 5.69. The summed E-state index contributed by atoms with van der Waals surface area (Å²) in [6.45, 7) is 8.27. The zero-order chi connectivity index (χ0) is 16.3. The molecule has 1 unspecified atom stereocenters. The number of hydrogen-bond acceptors (Lipinski definition) is 5. The van der Waals surface area contributed by atoms with Crippen molar-refractivity contribution in [1.82, 2.24) is 0 Å². The summed E-state index contributed by atoms with van der Waals surface area (Å²) >= 11 is 0. The van der Waals surface area contributed by atoms with Crippen LogP contribution in [0.4, 0.5) is 5.69 Å². The lowest BCUT2D eigenvalue weighted by Gasteiger charge is -2.36. The molecule has 1 heterocycles. The third-order valence-electron chi connectivity index (χ3n) is 3.65. The first-order valence-corrected chi connectivity index (χ1v) is 7.69. The molecule has 0 aliphatic carbocycles. The number of rotatable bonds is 5. The minimum atomic E-state index is -0.368. The molecule has 0 spiro atoms. The summed E-state index contributed by atoms with van der Waals surface area (Å²) in [5.74, 6) is 0.455. The first-order chi connectivity index (χ1) is 10.4. The Morgan fingerprint density at radius 3 is 2.68 bits per heavy atom. The molecule has 0 aromatic heterocycles. The van der Waals surface area contributed by atoms with E-state index in [9.17, 15) is 9.59 Å². The van der Waals surface area contributed by atoms with Gasteiger partial charge in [0, 0.05) is 5.56 Å². The van der Waals surface area contributed by atoms with Crippen LogP contribution in [0.2, 0.25) is 0 Å². The molecule has 1 atom stereocenters. The van der Waals surface area contributed by atoms with Crippen LogP contribution >= 0.6 is 0 Å². The summed E-state index contributed by atoms with van der Waals surface area (Å²) < 4.78 is 11.0. The van der Waals surface area contributed by atoms with Crippen LogP contribution in [-0.2, 0) is 9.53 Å². The van der Waals surface area contributed by atoms with Crippen LogP contribution in [0.1, 0.15) is 44.5 Å². The number of hydrogen-bond donors (Lipinski definition) is 0. The number of carbonyl (C=O) groups is 2. The molecule has 0 amide bonds. The molecule has 0 radical (unpaired) electrons. The van der Waals surface area contributed by atoms with Crippen molar-refractivity contribution in [2.75, 3.05) is 18.1 Å². The normalized spacial score (nSPS) is 15.0. The van der Waals surface area contributed by atoms with Gasteiger partial charge in [-0.2, -0.15) is 0 Å². The molecule has 120 valence electrons. The van der Waals surface area contributed by atoms with Crippen LogP contribution in [0.5, 0.6) is 5.75 Å². The second-order valence-corrected chi connectivity index (χ2v) is 5.69. The Balaban J connectivity index is 2.35. The highest BCUT2D eigenvalue weighted by molar-refractivity contribution is 5.96. The molecular formula is C17H23NO4. The molecular weight excluding hydrogens is 282 g/mol. The van der Waals surface area contributed by atoms with E-state index in [1.165, 1.54) is 6.92 Å². The van der Waals surface area contributed by atoms with Crippen molar-refractivity contribution < 1.29 is 19.1 Å². The van der Waals surface area contributed by atoms with Crippen molar-refractivity contribution in [3.05, 3.63) is 23.8 Å². The van der Waals surface area contributed by atoms with E-state index in [4.69, 9.17) is 9.47 Å². The monoisotopic (exact) mass is 305 g/mol. The van der Waals surface area contributed by atoms with Gasteiger partial charge in [-0.15, -0.1) is 0 Å². The average molecular weight is 305 g/mol. The molecule has 0 bridgehead atoms. The van der Waals surface area contributed by atoms with Crippen molar-refractivity contribution in [3.8, 4) is 5.75 Å². The number of nitrogens with zero attached hydrogens (tertiary/aromatic N) is 1. The van der Waals surface area contributed by atoms with E-state index in [0.29, 0.717) is 30.9 Å². The molecule has 0 N–H and O–H groups in total. The van der Waals surface area contributed by atoms with Gasteiger partial charge in [0.15, 0.2) is 5.78 Å². The number of fused-ring (bicyclic) bond motifs is 1. The van der Waals surface area contributed by atoms with Crippen LogP contribution in [0, 0.1) is 0 Å². The first-order valence-electron chi connectivity index (χ1n) is 7.69. The standard InChI is InChI=1S/C17H23NO4/c1-5-14(17(20)22-11(2)3)18-8-9-21-16-7-6-13(12(4)19)10-15(16)18/h6-7,10-11,14H,5,8-9H2,1-4H3. The fraction of sp³-hybridized carbons (Fsp3) is 0.529. The molecule has 0 saturated heterocycles. The lowest BCUT2D eigenvalue weighted by molar-refractivity contribution is -0.149. The van der Waals surface area contributed by atoms with Crippen LogP contribution < -0.4 is 9.64 Å². The van der Waals surface area contributed by atoms with Crippen molar-refractivity contribution in [2.45, 2.75) is 46.3 Å². The van der Waals surface area contributed by atoms with Gasteiger partial charge < -0.3 is 14.4 Å². The minimum absolute atomic E-state index is 0.00821. The molecule has 2 rings (SSSR count). The topological polar surface area (TPSA) is 55.8 Å². The van der Waals surface area contributed by atoms with Crippen LogP contribution in [-0.4, -0.2) is 37.0 Å². The molecule has 0 saturated carbocycles. The maximum atomic E-state index is 12.3. The van der Waals surface area contributed by atoms with E-state index in [2.05, 4.69) is 0 Å². The molecule has 5 heteroatoms. The SMILES string of the molecule is CCC(C(=O)OC(C)C)N1CCOc2ccc(C(C)=O)cc21. The Kier molecular flexibility index (Phi) is 5.06. The van der Waals surface area contributed by atoms with Crippen LogP contribution in [0.15, 0.2) is 18.2 Å². The number of carbonyl (C=O) groups excluding carboxylic acids is 2. The van der Waals surface area contributed by atoms with Crippen LogP contribution in [0.3, 0.4) is 0 Å². The quantitative estimate of drug-likeness (QED) is 0.618. The van der Waals surface area contributed by atoms with E-state index in [1.54, 1.807) is 18.2 Å². The van der Waals surface area contributed by atoms with Gasteiger partial charge in [-0.1, -0.05) is 6.92 Å². The maximum absolute atomic E-state index is 12.3. The Labute approximate surface area is 131 Å². The Hall–Kier alpha value is -2.04. The van der Waals surface area contributed by atoms with Crippen LogP contribution in [0.25, 0.3) is 0 Å². The Bertz CT molecular complexity index is 568. The number of ether oxygens (including phenoxy) is 2. The van der Waals surface area contributed by atoms with Gasteiger partial charge in [0.05, 0.1) is 18.3 Å². The van der Waals surface area contributed by atoms with E-state index in [0.717, 1.165) is 5.69 Å². The molecule has 5 nitrogen and oxygen atoms in total. The van der Waals surface area contributed by atoms with E-state index in [-0.39, 0.29) is 23.9 Å². The number of Topliss-reactive ketones (excluding diaryl/α,β-unsaturated/α-hetero) is 1.